The minimum Gasteiger partial charge on any atom is -0.467 e. The molecule has 2 aromatic heterocycles. The third-order valence-corrected chi connectivity index (χ3v) is 5.45. The molecule has 2 aliphatic rings. The van der Waals surface area contributed by atoms with E-state index in [1.165, 1.54) is 11.8 Å². The summed E-state index contributed by atoms with van der Waals surface area (Å²) in [4.78, 5) is 21.3. The Bertz CT molecular complexity index is 1020. The molecule has 0 radical (unpaired) electrons. The molecule has 0 unspecified atom stereocenters. The monoisotopic (exact) mass is 424 g/mol. The second-order valence-corrected chi connectivity index (χ2v) is 7.63. The molecule has 0 bridgehead atoms. The molecule has 3 aromatic rings. The summed E-state index contributed by atoms with van der Waals surface area (Å²) < 4.78 is 21.6. The van der Waals surface area contributed by atoms with Crippen molar-refractivity contribution in [1.29, 1.82) is 0 Å². The molecule has 1 fully saturated rings. The molecule has 1 saturated heterocycles. The number of nitrogens with one attached hydrogen (secondary N) is 1. The molecule has 0 aliphatic carbocycles. The van der Waals surface area contributed by atoms with Crippen molar-refractivity contribution >= 4 is 5.91 Å². The molecule has 1 aromatic carbocycles. The summed E-state index contributed by atoms with van der Waals surface area (Å²) in [5.74, 6) is 2.60. The van der Waals surface area contributed by atoms with Crippen LogP contribution in [0.5, 0.6) is 11.5 Å². The fraction of sp³-hybridized carbons (Fsp3) is 0.364. The minimum absolute atomic E-state index is 0.278. The SMILES string of the molecule is O=C(NCc1ccco1)c1coc(CN2CCN(Cc3ccc4c(c3)OCO4)CC2)n1. The number of oxazole rings is 1. The van der Waals surface area contributed by atoms with Gasteiger partial charge in [0.2, 0.25) is 12.7 Å². The quantitative estimate of drug-likeness (QED) is 0.617. The molecular weight excluding hydrogens is 400 g/mol. The number of hydrogen-bond acceptors (Lipinski definition) is 8. The van der Waals surface area contributed by atoms with Crippen molar-refractivity contribution in [1.82, 2.24) is 20.1 Å². The fourth-order valence-corrected chi connectivity index (χ4v) is 3.75. The Kier molecular flexibility index (Phi) is 5.59. The smallest absolute Gasteiger partial charge is 0.273 e. The largest absolute Gasteiger partial charge is 0.467 e. The van der Waals surface area contributed by atoms with E-state index in [2.05, 4.69) is 32.2 Å². The van der Waals surface area contributed by atoms with Crippen molar-refractivity contribution in [2.75, 3.05) is 33.0 Å². The molecule has 9 nitrogen and oxygen atoms in total. The van der Waals surface area contributed by atoms with Gasteiger partial charge in [-0.2, -0.15) is 0 Å². The first-order valence-corrected chi connectivity index (χ1v) is 10.3. The number of hydrogen-bond donors (Lipinski definition) is 1. The van der Waals surface area contributed by atoms with Gasteiger partial charge in [0.05, 0.1) is 19.4 Å². The van der Waals surface area contributed by atoms with E-state index < -0.39 is 0 Å². The van der Waals surface area contributed by atoms with E-state index in [4.69, 9.17) is 18.3 Å². The number of aromatic nitrogens is 1. The predicted molar refractivity (Wildman–Crippen MR) is 110 cm³/mol. The van der Waals surface area contributed by atoms with Crippen LogP contribution in [0.4, 0.5) is 0 Å². The average molecular weight is 424 g/mol. The summed E-state index contributed by atoms with van der Waals surface area (Å²) in [6.07, 6.45) is 2.98. The molecule has 1 amide bonds. The van der Waals surface area contributed by atoms with Gasteiger partial charge in [0, 0.05) is 32.7 Å². The van der Waals surface area contributed by atoms with Crippen LogP contribution in [0.25, 0.3) is 0 Å². The number of carbonyl (C=O) groups is 1. The van der Waals surface area contributed by atoms with Gasteiger partial charge in [0.25, 0.3) is 5.91 Å². The van der Waals surface area contributed by atoms with Crippen LogP contribution < -0.4 is 14.8 Å². The zero-order valence-electron chi connectivity index (χ0n) is 17.1. The van der Waals surface area contributed by atoms with Gasteiger partial charge in [0.1, 0.15) is 12.0 Å². The first-order chi connectivity index (χ1) is 15.2. The van der Waals surface area contributed by atoms with Crippen LogP contribution in [0, 0.1) is 0 Å². The number of nitrogens with zero attached hydrogens (tertiary/aromatic N) is 3. The molecule has 0 saturated carbocycles. The van der Waals surface area contributed by atoms with Crippen molar-refractivity contribution < 1.29 is 23.1 Å². The molecule has 4 heterocycles. The van der Waals surface area contributed by atoms with Gasteiger partial charge in [0.15, 0.2) is 17.2 Å². The van der Waals surface area contributed by atoms with Gasteiger partial charge in [-0.25, -0.2) is 4.98 Å². The Morgan fingerprint density at radius 1 is 1.00 bits per heavy atom. The van der Waals surface area contributed by atoms with E-state index in [-0.39, 0.29) is 11.6 Å². The summed E-state index contributed by atoms with van der Waals surface area (Å²) in [5, 5.41) is 2.77. The third-order valence-electron chi connectivity index (χ3n) is 5.45. The van der Waals surface area contributed by atoms with E-state index in [0.717, 1.165) is 44.2 Å². The van der Waals surface area contributed by atoms with Gasteiger partial charge in [-0.15, -0.1) is 0 Å². The number of carbonyl (C=O) groups excluding carboxylic acids is 1. The van der Waals surface area contributed by atoms with E-state index >= 15 is 0 Å². The lowest BCUT2D eigenvalue weighted by atomic mass is 10.1. The van der Waals surface area contributed by atoms with Crippen LogP contribution in [0.15, 0.2) is 51.7 Å². The molecule has 2 aliphatic heterocycles. The summed E-state index contributed by atoms with van der Waals surface area (Å²) in [6, 6.07) is 9.70. The Labute approximate surface area is 179 Å². The summed E-state index contributed by atoms with van der Waals surface area (Å²) >= 11 is 0. The van der Waals surface area contributed by atoms with Crippen LogP contribution >= 0.6 is 0 Å². The molecule has 31 heavy (non-hydrogen) atoms. The lowest BCUT2D eigenvalue weighted by Crippen LogP contribution is -2.45. The van der Waals surface area contributed by atoms with Crippen molar-refractivity contribution in [3.63, 3.8) is 0 Å². The van der Waals surface area contributed by atoms with Crippen LogP contribution in [0.1, 0.15) is 27.7 Å². The van der Waals surface area contributed by atoms with Crippen molar-refractivity contribution in [3.05, 3.63) is 65.8 Å². The first-order valence-electron chi connectivity index (χ1n) is 10.3. The lowest BCUT2D eigenvalue weighted by molar-refractivity contribution is 0.0942. The second kappa shape index (κ2) is 8.83. The van der Waals surface area contributed by atoms with E-state index in [1.54, 1.807) is 18.4 Å². The van der Waals surface area contributed by atoms with Crippen LogP contribution in [-0.4, -0.2) is 53.7 Å². The second-order valence-electron chi connectivity index (χ2n) is 7.63. The molecule has 0 spiro atoms. The zero-order chi connectivity index (χ0) is 21.0. The minimum atomic E-state index is -0.278. The zero-order valence-corrected chi connectivity index (χ0v) is 17.1. The maximum atomic E-state index is 12.2. The molecule has 162 valence electrons. The normalized spacial score (nSPS) is 16.5. The lowest BCUT2D eigenvalue weighted by Gasteiger charge is -2.34. The van der Waals surface area contributed by atoms with E-state index in [0.29, 0.717) is 31.5 Å². The van der Waals surface area contributed by atoms with Crippen LogP contribution in [0.2, 0.25) is 0 Å². The number of amides is 1. The third kappa shape index (κ3) is 4.73. The van der Waals surface area contributed by atoms with Gasteiger partial charge >= 0.3 is 0 Å². The van der Waals surface area contributed by atoms with Gasteiger partial charge in [-0.3, -0.25) is 14.6 Å². The highest BCUT2D eigenvalue weighted by Gasteiger charge is 2.21. The van der Waals surface area contributed by atoms with Crippen LogP contribution in [0.3, 0.4) is 0 Å². The van der Waals surface area contributed by atoms with E-state index in [9.17, 15) is 4.79 Å². The number of furan rings is 1. The summed E-state index contributed by atoms with van der Waals surface area (Å²) in [5.41, 5.74) is 1.50. The van der Waals surface area contributed by atoms with Gasteiger partial charge in [-0.05, 0) is 29.8 Å². The van der Waals surface area contributed by atoms with Crippen molar-refractivity contribution in [3.8, 4) is 11.5 Å². The Balaban J connectivity index is 1.08. The standard InChI is InChI=1S/C22H24N4O5/c27-22(23-11-17-2-1-9-28-17)18-14-29-21(24-18)13-26-7-5-25(6-8-26)12-16-3-4-19-20(10-16)31-15-30-19/h1-4,9-10,14H,5-8,11-13,15H2,(H,23,27). The average Bonchev–Trinajstić information content (AvgIpc) is 3.55. The summed E-state index contributed by atoms with van der Waals surface area (Å²) in [6.45, 7) is 5.80. The maximum Gasteiger partial charge on any atom is 0.273 e. The molecule has 0 atom stereocenters. The Hall–Kier alpha value is -3.30. The van der Waals surface area contributed by atoms with Gasteiger partial charge in [-0.1, -0.05) is 6.07 Å². The maximum absolute atomic E-state index is 12.2. The molecule has 5 rings (SSSR count). The highest BCUT2D eigenvalue weighted by molar-refractivity contribution is 5.91. The topological polar surface area (TPSA) is 93.2 Å². The molecular formula is C22H24N4O5. The number of piperazine rings is 1. The van der Waals surface area contributed by atoms with Crippen molar-refractivity contribution in [2.24, 2.45) is 0 Å². The predicted octanol–water partition coefficient (Wildman–Crippen LogP) is 2.24. The number of ether oxygens (including phenoxy) is 2. The summed E-state index contributed by atoms with van der Waals surface area (Å²) in [7, 11) is 0. The molecule has 1 N–H and O–H groups in total. The number of rotatable bonds is 7. The Morgan fingerprint density at radius 3 is 2.61 bits per heavy atom. The highest BCUT2D eigenvalue weighted by atomic mass is 16.7. The Morgan fingerprint density at radius 2 is 1.81 bits per heavy atom. The number of fused-ring (bicyclic) bond motifs is 1. The van der Waals surface area contributed by atoms with Crippen LogP contribution in [-0.2, 0) is 19.6 Å². The van der Waals surface area contributed by atoms with Crippen molar-refractivity contribution in [2.45, 2.75) is 19.6 Å². The highest BCUT2D eigenvalue weighted by Crippen LogP contribution is 2.32. The van der Waals surface area contributed by atoms with Gasteiger partial charge < -0.3 is 23.6 Å². The van der Waals surface area contributed by atoms with E-state index in [1.807, 2.05) is 6.07 Å². The fourth-order valence-electron chi connectivity index (χ4n) is 3.75. The molecule has 9 heteroatoms. The first kappa shape index (κ1) is 19.7. The number of benzene rings is 1.